The van der Waals surface area contributed by atoms with Gasteiger partial charge in [-0.25, -0.2) is 18.4 Å². The van der Waals surface area contributed by atoms with Gasteiger partial charge in [-0.2, -0.15) is 0 Å². The molecule has 1 aromatic heterocycles. The summed E-state index contributed by atoms with van der Waals surface area (Å²) in [5, 5.41) is 0. The maximum Gasteiger partial charge on any atom is 0.158 e. The first-order valence-corrected chi connectivity index (χ1v) is 8.49. The molecule has 2 rings (SSSR count). The minimum atomic E-state index is -2.94. The maximum absolute atomic E-state index is 11.6. The first-order chi connectivity index (χ1) is 9.50. The zero-order valence-corrected chi connectivity index (χ0v) is 12.4. The Morgan fingerprint density at radius 1 is 1.35 bits per heavy atom. The van der Waals surface area contributed by atoms with Gasteiger partial charge >= 0.3 is 0 Å². The van der Waals surface area contributed by atoms with Gasteiger partial charge in [0, 0.05) is 25.8 Å². The van der Waals surface area contributed by atoms with Crippen LogP contribution in [0.15, 0.2) is 6.07 Å². The van der Waals surface area contributed by atoms with E-state index in [-0.39, 0.29) is 11.5 Å². The molecule has 0 bridgehead atoms. The summed E-state index contributed by atoms with van der Waals surface area (Å²) in [6.07, 6.45) is 0.604. The second-order valence-corrected chi connectivity index (χ2v) is 7.00. The van der Waals surface area contributed by atoms with Crippen molar-refractivity contribution in [3.05, 3.63) is 11.9 Å². The number of hydrogen-bond acceptors (Lipinski definition) is 7. The summed E-state index contributed by atoms with van der Waals surface area (Å²) in [4.78, 5) is 10.5. The van der Waals surface area contributed by atoms with Gasteiger partial charge in [-0.3, -0.25) is 0 Å². The smallest absolute Gasteiger partial charge is 0.158 e. The molecule has 0 atom stereocenters. The van der Waals surface area contributed by atoms with Crippen molar-refractivity contribution in [1.29, 1.82) is 0 Å². The summed E-state index contributed by atoms with van der Waals surface area (Å²) < 4.78 is 28.5. The van der Waals surface area contributed by atoms with Crippen LogP contribution in [0.3, 0.4) is 0 Å². The first kappa shape index (κ1) is 15.0. The van der Waals surface area contributed by atoms with Crippen LogP contribution in [0.2, 0.25) is 0 Å². The molecule has 0 radical (unpaired) electrons. The van der Waals surface area contributed by atoms with Crippen LogP contribution in [-0.4, -0.2) is 49.6 Å². The summed E-state index contributed by atoms with van der Waals surface area (Å²) in [5.41, 5.74) is 5.78. The van der Waals surface area contributed by atoms with E-state index in [9.17, 15) is 8.42 Å². The molecule has 0 spiro atoms. The van der Waals surface area contributed by atoms with Crippen molar-refractivity contribution in [2.24, 2.45) is 0 Å². The Morgan fingerprint density at radius 2 is 2.15 bits per heavy atom. The number of ether oxygens (including phenoxy) is 1. The fourth-order valence-corrected chi connectivity index (χ4v) is 3.36. The molecule has 8 heteroatoms. The molecule has 2 heterocycles. The molecule has 0 unspecified atom stereocenters. The number of anilines is 2. The van der Waals surface area contributed by atoms with Crippen molar-refractivity contribution < 1.29 is 13.2 Å². The van der Waals surface area contributed by atoms with E-state index >= 15 is 0 Å². The quantitative estimate of drug-likeness (QED) is 0.849. The zero-order chi connectivity index (χ0) is 14.6. The summed E-state index contributed by atoms with van der Waals surface area (Å²) in [6, 6.07) is 1.67. The van der Waals surface area contributed by atoms with E-state index in [1.807, 2.05) is 11.8 Å². The van der Waals surface area contributed by atoms with Crippen molar-refractivity contribution in [3.8, 4) is 0 Å². The predicted octanol–water partition coefficient (Wildman–Crippen LogP) is 0.220. The standard InChI is InChI=1S/C12H20N4O3S/c1-2-19-9-11-14-10(13)8-12(15-11)16-4-3-6-20(17,18)7-5-16/h8H,2-7,9H2,1H3,(H2,13,14,15). The maximum atomic E-state index is 11.6. The molecule has 1 aliphatic rings. The number of nitrogens with zero attached hydrogens (tertiary/aromatic N) is 3. The Kier molecular flexibility index (Phi) is 4.77. The molecule has 0 aliphatic carbocycles. The van der Waals surface area contributed by atoms with Gasteiger partial charge in [-0.05, 0) is 13.3 Å². The van der Waals surface area contributed by atoms with E-state index in [0.717, 1.165) is 0 Å². The zero-order valence-electron chi connectivity index (χ0n) is 11.6. The molecule has 20 heavy (non-hydrogen) atoms. The molecule has 1 saturated heterocycles. The number of nitrogens with two attached hydrogens (primary N) is 1. The molecule has 112 valence electrons. The third-order valence-electron chi connectivity index (χ3n) is 3.09. The number of sulfone groups is 1. The second kappa shape index (κ2) is 6.36. The lowest BCUT2D eigenvalue weighted by molar-refractivity contribution is 0.128. The summed E-state index contributed by atoms with van der Waals surface area (Å²) >= 11 is 0. The lowest BCUT2D eigenvalue weighted by atomic mass is 10.3. The molecule has 0 aromatic carbocycles. The number of rotatable bonds is 4. The van der Waals surface area contributed by atoms with E-state index in [1.165, 1.54) is 0 Å². The van der Waals surface area contributed by atoms with Gasteiger partial charge in [0.1, 0.15) is 18.2 Å². The molecule has 0 saturated carbocycles. The Labute approximate surface area is 119 Å². The van der Waals surface area contributed by atoms with Gasteiger partial charge in [-0.15, -0.1) is 0 Å². The Balaban J connectivity index is 2.17. The van der Waals surface area contributed by atoms with Crippen LogP contribution in [0.4, 0.5) is 11.6 Å². The van der Waals surface area contributed by atoms with Crippen LogP contribution < -0.4 is 10.6 Å². The highest BCUT2D eigenvalue weighted by atomic mass is 32.2. The molecule has 1 aliphatic heterocycles. The van der Waals surface area contributed by atoms with Crippen LogP contribution in [0.5, 0.6) is 0 Å². The van der Waals surface area contributed by atoms with E-state index < -0.39 is 9.84 Å². The molecule has 1 aromatic rings. The van der Waals surface area contributed by atoms with Crippen LogP contribution >= 0.6 is 0 Å². The Morgan fingerprint density at radius 3 is 2.90 bits per heavy atom. The van der Waals surface area contributed by atoms with Gasteiger partial charge in [0.2, 0.25) is 0 Å². The SMILES string of the molecule is CCOCc1nc(N)cc(N2CCCS(=O)(=O)CC2)n1. The van der Waals surface area contributed by atoms with Gasteiger partial charge in [0.05, 0.1) is 11.5 Å². The Hall–Kier alpha value is -1.41. The highest BCUT2D eigenvalue weighted by Gasteiger charge is 2.20. The minimum Gasteiger partial charge on any atom is -0.384 e. The van der Waals surface area contributed by atoms with Crippen LogP contribution in [0.25, 0.3) is 0 Å². The minimum absolute atomic E-state index is 0.150. The highest BCUT2D eigenvalue weighted by Crippen LogP contribution is 2.17. The molecular weight excluding hydrogens is 280 g/mol. The van der Waals surface area contributed by atoms with E-state index in [2.05, 4.69) is 9.97 Å². The second-order valence-electron chi connectivity index (χ2n) is 4.70. The number of hydrogen-bond donors (Lipinski definition) is 1. The van der Waals surface area contributed by atoms with Crippen LogP contribution in [0.1, 0.15) is 19.2 Å². The van der Waals surface area contributed by atoms with Gasteiger partial charge in [0.25, 0.3) is 0 Å². The topological polar surface area (TPSA) is 98.4 Å². The van der Waals surface area contributed by atoms with Gasteiger partial charge in [0.15, 0.2) is 15.7 Å². The third kappa shape index (κ3) is 4.04. The monoisotopic (exact) mass is 300 g/mol. The van der Waals surface area contributed by atoms with Gasteiger partial charge in [-0.1, -0.05) is 0 Å². The summed E-state index contributed by atoms with van der Waals surface area (Å²) in [6.45, 7) is 3.87. The van der Waals surface area contributed by atoms with E-state index in [0.29, 0.717) is 50.2 Å². The lowest BCUT2D eigenvalue weighted by Crippen LogP contribution is -2.28. The molecule has 1 fully saturated rings. The number of nitrogen functional groups attached to an aromatic ring is 1. The lowest BCUT2D eigenvalue weighted by Gasteiger charge is -2.21. The average Bonchev–Trinajstić information content (AvgIpc) is 2.57. The van der Waals surface area contributed by atoms with Crippen molar-refractivity contribution >= 4 is 21.5 Å². The van der Waals surface area contributed by atoms with Crippen molar-refractivity contribution in [2.75, 3.05) is 41.8 Å². The third-order valence-corrected chi connectivity index (χ3v) is 4.81. The molecule has 2 N–H and O–H groups in total. The van der Waals surface area contributed by atoms with Crippen LogP contribution in [-0.2, 0) is 21.2 Å². The first-order valence-electron chi connectivity index (χ1n) is 6.67. The summed E-state index contributed by atoms with van der Waals surface area (Å²) in [5.74, 6) is 1.95. The average molecular weight is 300 g/mol. The van der Waals surface area contributed by atoms with Crippen molar-refractivity contribution in [2.45, 2.75) is 20.0 Å². The molecule has 7 nitrogen and oxygen atoms in total. The van der Waals surface area contributed by atoms with Crippen molar-refractivity contribution in [1.82, 2.24) is 9.97 Å². The highest BCUT2D eigenvalue weighted by molar-refractivity contribution is 7.91. The largest absolute Gasteiger partial charge is 0.384 e. The Bertz CT molecular complexity index is 562. The predicted molar refractivity (Wildman–Crippen MR) is 77.3 cm³/mol. The molecule has 0 amide bonds. The van der Waals surface area contributed by atoms with E-state index in [4.69, 9.17) is 10.5 Å². The number of aromatic nitrogens is 2. The van der Waals surface area contributed by atoms with Gasteiger partial charge < -0.3 is 15.4 Å². The molecular formula is C12H20N4O3S. The van der Waals surface area contributed by atoms with E-state index in [1.54, 1.807) is 6.07 Å². The fourth-order valence-electron chi connectivity index (χ4n) is 2.09. The normalized spacial score (nSPS) is 18.8. The van der Waals surface area contributed by atoms with Crippen molar-refractivity contribution in [3.63, 3.8) is 0 Å². The fraction of sp³-hybridized carbons (Fsp3) is 0.667. The van der Waals surface area contributed by atoms with Crippen LogP contribution in [0, 0.1) is 0 Å². The summed E-state index contributed by atoms with van der Waals surface area (Å²) in [7, 11) is -2.94.